The molecule has 0 spiro atoms. The van der Waals surface area contributed by atoms with Gasteiger partial charge in [0.15, 0.2) is 0 Å². The van der Waals surface area contributed by atoms with Gasteiger partial charge in [-0.15, -0.1) is 0 Å². The molecular weight excluding hydrogens is 440 g/mol. The highest BCUT2D eigenvalue weighted by molar-refractivity contribution is 7.99. The van der Waals surface area contributed by atoms with Crippen LogP contribution in [0.25, 0.3) is 0 Å². The van der Waals surface area contributed by atoms with Crippen LogP contribution in [0.3, 0.4) is 0 Å². The Labute approximate surface area is 223 Å². The van der Waals surface area contributed by atoms with Crippen molar-refractivity contribution in [3.8, 4) is 0 Å². The van der Waals surface area contributed by atoms with E-state index in [-0.39, 0.29) is 0 Å². The number of benzene rings is 2. The van der Waals surface area contributed by atoms with Crippen LogP contribution < -0.4 is 0 Å². The number of hydrogen-bond donors (Lipinski definition) is 0. The van der Waals surface area contributed by atoms with Crippen molar-refractivity contribution in [1.82, 2.24) is 0 Å². The molecule has 196 valence electrons. The highest BCUT2D eigenvalue weighted by atomic mass is 32.2. The highest BCUT2D eigenvalue weighted by Crippen LogP contribution is 2.32. The predicted molar refractivity (Wildman–Crippen MR) is 159 cm³/mol. The van der Waals surface area contributed by atoms with Gasteiger partial charge in [-0.3, -0.25) is 0 Å². The van der Waals surface area contributed by atoms with Crippen LogP contribution in [-0.4, -0.2) is 0 Å². The number of rotatable bonds is 20. The van der Waals surface area contributed by atoms with Gasteiger partial charge >= 0.3 is 0 Å². The van der Waals surface area contributed by atoms with Crippen molar-refractivity contribution >= 4 is 11.8 Å². The van der Waals surface area contributed by atoms with Crippen LogP contribution in [0, 0.1) is 5.92 Å². The first-order valence-electron chi connectivity index (χ1n) is 15.0. The first-order valence-corrected chi connectivity index (χ1v) is 15.8. The normalized spacial score (nSPS) is 13.1. The molecule has 0 aliphatic rings. The SMILES string of the molecule is CCCCCCCCC(C)Cc1ccc(Sc2ccc(C(CC)CCCCCCCC)cc2)cc1. The van der Waals surface area contributed by atoms with Gasteiger partial charge in [-0.25, -0.2) is 0 Å². The minimum absolute atomic E-state index is 0.720. The summed E-state index contributed by atoms with van der Waals surface area (Å²) in [7, 11) is 0. The molecule has 0 heterocycles. The molecule has 0 radical (unpaired) electrons. The minimum atomic E-state index is 0.720. The lowest BCUT2D eigenvalue weighted by Crippen LogP contribution is -1.99. The Kier molecular flexibility index (Phi) is 16.3. The molecule has 0 fully saturated rings. The van der Waals surface area contributed by atoms with E-state index in [4.69, 9.17) is 0 Å². The topological polar surface area (TPSA) is 0 Å². The molecule has 0 amide bonds. The zero-order valence-corrected chi connectivity index (χ0v) is 24.3. The largest absolute Gasteiger partial charge is 0.0901 e. The maximum absolute atomic E-state index is 2.42. The van der Waals surface area contributed by atoms with Crippen LogP contribution in [0.15, 0.2) is 58.3 Å². The van der Waals surface area contributed by atoms with E-state index in [0.717, 1.165) is 11.8 Å². The highest BCUT2D eigenvalue weighted by Gasteiger charge is 2.10. The first kappa shape index (κ1) is 30.0. The van der Waals surface area contributed by atoms with E-state index in [0.29, 0.717) is 0 Å². The maximum atomic E-state index is 2.42. The third-order valence-electron chi connectivity index (χ3n) is 7.54. The van der Waals surface area contributed by atoms with Crippen molar-refractivity contribution in [2.75, 3.05) is 0 Å². The van der Waals surface area contributed by atoms with E-state index in [1.165, 1.54) is 124 Å². The maximum Gasteiger partial charge on any atom is 0.0122 e. The standard InChI is InChI=1S/C34H54S/c1-5-8-10-12-14-16-18-29(4)28-30-20-24-33(25-21-30)35-34-26-22-32(23-27-34)31(7-3)19-17-15-13-11-9-6-2/h20-27,29,31H,5-19,28H2,1-4H3. The van der Waals surface area contributed by atoms with Crippen molar-refractivity contribution in [2.45, 2.75) is 146 Å². The van der Waals surface area contributed by atoms with Gasteiger partial charge < -0.3 is 0 Å². The van der Waals surface area contributed by atoms with Crippen LogP contribution in [0.2, 0.25) is 0 Å². The second kappa shape index (κ2) is 19.0. The van der Waals surface area contributed by atoms with Crippen molar-refractivity contribution in [1.29, 1.82) is 0 Å². The lowest BCUT2D eigenvalue weighted by molar-refractivity contribution is 0.481. The Balaban J connectivity index is 1.73. The number of hydrogen-bond acceptors (Lipinski definition) is 1. The summed E-state index contributed by atoms with van der Waals surface area (Å²) in [5, 5.41) is 0. The molecule has 2 rings (SSSR count). The van der Waals surface area contributed by atoms with Gasteiger partial charge in [-0.1, -0.05) is 147 Å². The van der Waals surface area contributed by atoms with Crippen LogP contribution >= 0.6 is 11.8 Å². The zero-order chi connectivity index (χ0) is 25.1. The summed E-state index contributed by atoms with van der Waals surface area (Å²) in [4.78, 5) is 2.71. The Morgan fingerprint density at radius 3 is 1.60 bits per heavy atom. The molecule has 0 aromatic heterocycles. The van der Waals surface area contributed by atoms with E-state index in [1.54, 1.807) is 0 Å². The summed E-state index contributed by atoms with van der Waals surface area (Å²) in [6.07, 6.45) is 21.9. The van der Waals surface area contributed by atoms with Crippen LogP contribution in [0.4, 0.5) is 0 Å². The van der Waals surface area contributed by atoms with E-state index < -0.39 is 0 Å². The molecule has 2 atom stereocenters. The summed E-state index contributed by atoms with van der Waals surface area (Å²) in [6, 6.07) is 18.8. The van der Waals surface area contributed by atoms with Gasteiger partial charge in [0.1, 0.15) is 0 Å². The molecular formula is C34H54S. The van der Waals surface area contributed by atoms with Crippen LogP contribution in [0.5, 0.6) is 0 Å². The van der Waals surface area contributed by atoms with Crippen molar-refractivity contribution in [3.63, 3.8) is 0 Å². The first-order chi connectivity index (χ1) is 17.2. The van der Waals surface area contributed by atoms with Crippen LogP contribution in [0.1, 0.15) is 141 Å². The molecule has 2 aromatic carbocycles. The lowest BCUT2D eigenvalue weighted by atomic mass is 9.91. The Hall–Kier alpha value is -1.21. The van der Waals surface area contributed by atoms with Gasteiger partial charge in [-0.2, -0.15) is 0 Å². The molecule has 2 aromatic rings. The molecule has 35 heavy (non-hydrogen) atoms. The molecule has 0 aliphatic heterocycles. The molecule has 2 unspecified atom stereocenters. The fraction of sp³-hybridized carbons (Fsp3) is 0.647. The average Bonchev–Trinajstić information content (AvgIpc) is 2.87. The van der Waals surface area contributed by atoms with Gasteiger partial charge in [0.25, 0.3) is 0 Å². The Bertz CT molecular complexity index is 745. The fourth-order valence-electron chi connectivity index (χ4n) is 5.19. The van der Waals surface area contributed by atoms with E-state index >= 15 is 0 Å². The minimum Gasteiger partial charge on any atom is -0.0901 e. The second-order valence-electron chi connectivity index (χ2n) is 10.8. The third kappa shape index (κ3) is 13.1. The second-order valence-corrected chi connectivity index (χ2v) is 12.0. The molecule has 1 heteroatoms. The van der Waals surface area contributed by atoms with E-state index in [9.17, 15) is 0 Å². The molecule has 0 saturated carbocycles. The van der Waals surface area contributed by atoms with Gasteiger partial charge in [0.05, 0.1) is 0 Å². The summed E-state index contributed by atoms with van der Waals surface area (Å²) in [6.45, 7) is 9.36. The predicted octanol–water partition coefficient (Wildman–Crippen LogP) is 12.0. The average molecular weight is 495 g/mol. The monoisotopic (exact) mass is 494 g/mol. The molecule has 0 N–H and O–H groups in total. The molecule has 0 saturated heterocycles. The summed E-state index contributed by atoms with van der Waals surface area (Å²) >= 11 is 1.90. The quantitative estimate of drug-likeness (QED) is 0.165. The molecule has 0 aliphatic carbocycles. The van der Waals surface area contributed by atoms with Crippen LogP contribution in [-0.2, 0) is 6.42 Å². The van der Waals surface area contributed by atoms with Gasteiger partial charge in [0.2, 0.25) is 0 Å². The Morgan fingerprint density at radius 2 is 1.06 bits per heavy atom. The fourth-order valence-corrected chi connectivity index (χ4v) is 6.01. The van der Waals surface area contributed by atoms with E-state index in [2.05, 4.69) is 76.2 Å². The lowest BCUT2D eigenvalue weighted by Gasteiger charge is -2.16. The van der Waals surface area contributed by atoms with Gasteiger partial charge in [0, 0.05) is 9.79 Å². The molecule has 0 nitrogen and oxygen atoms in total. The van der Waals surface area contributed by atoms with E-state index in [1.807, 2.05) is 11.8 Å². The summed E-state index contributed by atoms with van der Waals surface area (Å²) in [5.74, 6) is 1.51. The smallest absolute Gasteiger partial charge is 0.0122 e. The number of unbranched alkanes of at least 4 members (excludes halogenated alkanes) is 10. The van der Waals surface area contributed by atoms with Crippen molar-refractivity contribution in [2.24, 2.45) is 5.92 Å². The molecule has 0 bridgehead atoms. The van der Waals surface area contributed by atoms with Crippen molar-refractivity contribution < 1.29 is 0 Å². The third-order valence-corrected chi connectivity index (χ3v) is 8.56. The van der Waals surface area contributed by atoms with Crippen molar-refractivity contribution in [3.05, 3.63) is 59.7 Å². The summed E-state index contributed by atoms with van der Waals surface area (Å²) in [5.41, 5.74) is 3.02. The summed E-state index contributed by atoms with van der Waals surface area (Å²) < 4.78 is 0. The Morgan fingerprint density at radius 1 is 0.571 bits per heavy atom. The van der Waals surface area contributed by atoms with Gasteiger partial charge in [-0.05, 0) is 66.5 Å². The zero-order valence-electron chi connectivity index (χ0n) is 23.5.